The van der Waals surface area contributed by atoms with Gasteiger partial charge in [-0.25, -0.2) is 0 Å². The minimum absolute atomic E-state index is 0.205. The van der Waals surface area contributed by atoms with Gasteiger partial charge in [0.25, 0.3) is 0 Å². The largest absolute Gasteiger partial charge is 0.508 e. The first-order chi connectivity index (χ1) is 9.70. The molecule has 0 radical (unpaired) electrons. The SMILES string of the molecule is COc1c(C)cncc1-c1ccnc2cc(O)ccc12. The quantitative estimate of drug-likeness (QED) is 0.773. The Kier molecular flexibility index (Phi) is 2.99. The van der Waals surface area contributed by atoms with Gasteiger partial charge in [0.05, 0.1) is 12.6 Å². The molecule has 0 spiro atoms. The molecule has 2 aromatic heterocycles. The molecule has 0 saturated carbocycles. The van der Waals surface area contributed by atoms with E-state index in [0.717, 1.165) is 33.3 Å². The van der Waals surface area contributed by atoms with Crippen LogP contribution in [0.25, 0.3) is 22.0 Å². The third kappa shape index (κ3) is 1.95. The highest BCUT2D eigenvalue weighted by atomic mass is 16.5. The smallest absolute Gasteiger partial charge is 0.132 e. The number of ether oxygens (including phenoxy) is 1. The van der Waals surface area contributed by atoms with Gasteiger partial charge < -0.3 is 9.84 Å². The highest BCUT2D eigenvalue weighted by molar-refractivity contribution is 5.96. The van der Waals surface area contributed by atoms with Crippen LogP contribution in [-0.4, -0.2) is 22.2 Å². The lowest BCUT2D eigenvalue weighted by Gasteiger charge is -2.12. The highest BCUT2D eigenvalue weighted by Crippen LogP contribution is 2.36. The van der Waals surface area contributed by atoms with E-state index in [1.165, 1.54) is 0 Å². The summed E-state index contributed by atoms with van der Waals surface area (Å²) in [6.45, 7) is 1.96. The van der Waals surface area contributed by atoms with Gasteiger partial charge in [0.15, 0.2) is 0 Å². The second-order valence-corrected chi connectivity index (χ2v) is 4.60. The van der Waals surface area contributed by atoms with Crippen LogP contribution < -0.4 is 4.74 Å². The number of pyridine rings is 2. The number of nitrogens with zero attached hydrogens (tertiary/aromatic N) is 2. The number of aromatic hydroxyl groups is 1. The van der Waals surface area contributed by atoms with E-state index in [2.05, 4.69) is 9.97 Å². The summed E-state index contributed by atoms with van der Waals surface area (Å²) in [5.41, 5.74) is 3.63. The molecule has 0 aliphatic rings. The van der Waals surface area contributed by atoms with Crippen LogP contribution in [0.15, 0.2) is 42.9 Å². The monoisotopic (exact) mass is 266 g/mol. The number of aromatic nitrogens is 2. The minimum Gasteiger partial charge on any atom is -0.508 e. The summed E-state index contributed by atoms with van der Waals surface area (Å²) in [7, 11) is 1.65. The van der Waals surface area contributed by atoms with Gasteiger partial charge in [0, 0.05) is 41.2 Å². The van der Waals surface area contributed by atoms with Gasteiger partial charge in [-0.15, -0.1) is 0 Å². The average Bonchev–Trinajstić information content (AvgIpc) is 2.46. The zero-order valence-electron chi connectivity index (χ0n) is 11.3. The van der Waals surface area contributed by atoms with E-state index < -0.39 is 0 Å². The topological polar surface area (TPSA) is 55.2 Å². The molecule has 0 bridgehead atoms. The molecule has 1 aromatic carbocycles. The number of phenols is 1. The first-order valence-electron chi connectivity index (χ1n) is 6.27. The zero-order chi connectivity index (χ0) is 14.1. The van der Waals surface area contributed by atoms with E-state index in [4.69, 9.17) is 4.74 Å². The van der Waals surface area contributed by atoms with E-state index in [1.54, 1.807) is 37.8 Å². The predicted octanol–water partition coefficient (Wildman–Crippen LogP) is 3.32. The molecule has 0 atom stereocenters. The molecule has 0 saturated heterocycles. The maximum atomic E-state index is 9.56. The minimum atomic E-state index is 0.205. The van der Waals surface area contributed by atoms with Crippen LogP contribution in [0.2, 0.25) is 0 Å². The predicted molar refractivity (Wildman–Crippen MR) is 77.9 cm³/mol. The fourth-order valence-corrected chi connectivity index (χ4v) is 2.39. The van der Waals surface area contributed by atoms with Crippen LogP contribution >= 0.6 is 0 Å². The molecule has 2 heterocycles. The number of aryl methyl sites for hydroxylation is 1. The molecular weight excluding hydrogens is 252 g/mol. The van der Waals surface area contributed by atoms with Crippen molar-refractivity contribution >= 4 is 10.9 Å². The summed E-state index contributed by atoms with van der Waals surface area (Å²) < 4.78 is 5.49. The second kappa shape index (κ2) is 4.81. The van der Waals surface area contributed by atoms with Gasteiger partial charge in [-0.1, -0.05) is 0 Å². The molecule has 0 aliphatic heterocycles. The zero-order valence-corrected chi connectivity index (χ0v) is 11.3. The van der Waals surface area contributed by atoms with E-state index in [-0.39, 0.29) is 5.75 Å². The van der Waals surface area contributed by atoms with Crippen molar-refractivity contribution in [1.29, 1.82) is 0 Å². The second-order valence-electron chi connectivity index (χ2n) is 4.60. The summed E-state index contributed by atoms with van der Waals surface area (Å²) in [6, 6.07) is 7.09. The Morgan fingerprint density at radius 3 is 2.75 bits per heavy atom. The fraction of sp³-hybridized carbons (Fsp3) is 0.125. The summed E-state index contributed by atoms with van der Waals surface area (Å²) in [4.78, 5) is 8.53. The molecule has 1 N–H and O–H groups in total. The van der Waals surface area contributed by atoms with Crippen molar-refractivity contribution in [3.63, 3.8) is 0 Å². The summed E-state index contributed by atoms with van der Waals surface area (Å²) >= 11 is 0. The Labute approximate surface area is 116 Å². The van der Waals surface area contributed by atoms with Gasteiger partial charge in [-0.2, -0.15) is 0 Å². The Hall–Kier alpha value is -2.62. The van der Waals surface area contributed by atoms with E-state index in [1.807, 2.05) is 19.1 Å². The number of fused-ring (bicyclic) bond motifs is 1. The van der Waals surface area contributed by atoms with E-state index >= 15 is 0 Å². The van der Waals surface area contributed by atoms with Crippen molar-refractivity contribution in [1.82, 2.24) is 9.97 Å². The maximum Gasteiger partial charge on any atom is 0.132 e. The van der Waals surface area contributed by atoms with Crippen LogP contribution in [0, 0.1) is 6.92 Å². The molecule has 100 valence electrons. The van der Waals surface area contributed by atoms with E-state index in [0.29, 0.717) is 0 Å². The lowest BCUT2D eigenvalue weighted by Crippen LogP contribution is -1.94. The van der Waals surface area contributed by atoms with Crippen LogP contribution in [0.3, 0.4) is 0 Å². The third-order valence-electron chi connectivity index (χ3n) is 3.30. The van der Waals surface area contributed by atoms with Crippen LogP contribution in [-0.2, 0) is 0 Å². The van der Waals surface area contributed by atoms with E-state index in [9.17, 15) is 5.11 Å². The van der Waals surface area contributed by atoms with Crippen molar-refractivity contribution in [3.8, 4) is 22.6 Å². The molecular formula is C16H14N2O2. The Bertz CT molecular complexity index is 785. The third-order valence-corrected chi connectivity index (χ3v) is 3.30. The molecule has 4 nitrogen and oxygen atoms in total. The normalized spacial score (nSPS) is 10.7. The number of hydrogen-bond acceptors (Lipinski definition) is 4. The van der Waals surface area contributed by atoms with Gasteiger partial charge in [0.1, 0.15) is 11.5 Å². The number of rotatable bonds is 2. The van der Waals surface area contributed by atoms with Gasteiger partial charge in [-0.3, -0.25) is 9.97 Å². The van der Waals surface area contributed by atoms with Crippen molar-refractivity contribution in [2.24, 2.45) is 0 Å². The van der Waals surface area contributed by atoms with Crippen LogP contribution in [0.1, 0.15) is 5.56 Å². The Morgan fingerprint density at radius 1 is 1.10 bits per heavy atom. The molecule has 3 rings (SSSR count). The van der Waals surface area contributed by atoms with Crippen LogP contribution in [0.5, 0.6) is 11.5 Å². The first kappa shape index (κ1) is 12.4. The average molecular weight is 266 g/mol. The molecule has 3 aromatic rings. The van der Waals surface area contributed by atoms with Crippen molar-refractivity contribution in [2.45, 2.75) is 6.92 Å². The van der Waals surface area contributed by atoms with Crippen molar-refractivity contribution in [2.75, 3.05) is 7.11 Å². The van der Waals surface area contributed by atoms with Crippen molar-refractivity contribution < 1.29 is 9.84 Å². The maximum absolute atomic E-state index is 9.56. The number of hydrogen-bond donors (Lipinski definition) is 1. The van der Waals surface area contributed by atoms with Gasteiger partial charge in [0.2, 0.25) is 0 Å². The van der Waals surface area contributed by atoms with Crippen molar-refractivity contribution in [3.05, 3.63) is 48.4 Å². The molecule has 0 aliphatic carbocycles. The van der Waals surface area contributed by atoms with Gasteiger partial charge in [-0.05, 0) is 30.7 Å². The number of methoxy groups -OCH3 is 1. The lowest BCUT2D eigenvalue weighted by atomic mass is 10.0. The summed E-state index contributed by atoms with van der Waals surface area (Å²) in [6.07, 6.45) is 5.28. The molecule has 4 heteroatoms. The lowest BCUT2D eigenvalue weighted by molar-refractivity contribution is 0.413. The Morgan fingerprint density at radius 2 is 1.95 bits per heavy atom. The molecule has 0 amide bonds. The molecule has 20 heavy (non-hydrogen) atoms. The summed E-state index contributed by atoms with van der Waals surface area (Å²) in [5, 5.41) is 10.5. The summed E-state index contributed by atoms with van der Waals surface area (Å²) in [5.74, 6) is 1.01. The van der Waals surface area contributed by atoms with Crippen LogP contribution in [0.4, 0.5) is 0 Å². The number of phenolic OH excluding ortho intramolecular Hbond substituents is 1. The highest BCUT2D eigenvalue weighted by Gasteiger charge is 2.12. The number of benzene rings is 1. The molecule has 0 fully saturated rings. The Balaban J connectivity index is 2.33. The fourth-order valence-electron chi connectivity index (χ4n) is 2.39. The first-order valence-corrected chi connectivity index (χ1v) is 6.27. The molecule has 0 unspecified atom stereocenters. The van der Waals surface area contributed by atoms with Gasteiger partial charge >= 0.3 is 0 Å². The standard InChI is InChI=1S/C16H14N2O2/c1-10-8-17-9-14(16(10)20-2)12-5-6-18-15-7-11(19)3-4-13(12)15/h3-9,19H,1-2H3.